The third-order valence-corrected chi connectivity index (χ3v) is 3.08. The molecular formula is C16H18N2O2. The number of hydrogen-bond acceptors (Lipinski definition) is 3. The fraction of sp³-hybridized carbons (Fsp3) is 0.188. The SMILES string of the molecule is CC(COc1ccccc1-c1ccccc1)/C(N)=N/O. The van der Waals surface area contributed by atoms with Gasteiger partial charge < -0.3 is 15.7 Å². The summed E-state index contributed by atoms with van der Waals surface area (Å²) in [5.41, 5.74) is 7.67. The first-order valence-electron chi connectivity index (χ1n) is 6.47. The first-order valence-corrected chi connectivity index (χ1v) is 6.47. The standard InChI is InChI=1S/C16H18N2O2/c1-12(16(17)18-19)11-20-15-10-6-5-9-14(15)13-7-3-2-4-8-13/h2-10,12,19H,11H2,1H3,(H2,17,18). The van der Waals surface area contributed by atoms with Crippen molar-refractivity contribution in [1.82, 2.24) is 0 Å². The van der Waals surface area contributed by atoms with Gasteiger partial charge in [-0.05, 0) is 11.6 Å². The van der Waals surface area contributed by atoms with E-state index >= 15 is 0 Å². The Labute approximate surface area is 118 Å². The molecule has 0 aromatic heterocycles. The lowest BCUT2D eigenvalue weighted by Gasteiger charge is -2.14. The number of nitrogens with zero attached hydrogens (tertiary/aromatic N) is 1. The maximum absolute atomic E-state index is 8.64. The summed E-state index contributed by atoms with van der Waals surface area (Å²) < 4.78 is 5.80. The monoisotopic (exact) mass is 270 g/mol. The molecule has 0 heterocycles. The normalized spacial score (nSPS) is 12.9. The van der Waals surface area contributed by atoms with Crippen LogP contribution in [0.25, 0.3) is 11.1 Å². The molecule has 1 atom stereocenters. The van der Waals surface area contributed by atoms with Gasteiger partial charge in [0.2, 0.25) is 0 Å². The Morgan fingerprint density at radius 3 is 2.50 bits per heavy atom. The largest absolute Gasteiger partial charge is 0.492 e. The molecule has 0 aliphatic heterocycles. The lowest BCUT2D eigenvalue weighted by molar-refractivity contribution is 0.280. The summed E-state index contributed by atoms with van der Waals surface area (Å²) in [6, 6.07) is 17.9. The first-order chi connectivity index (χ1) is 9.72. The predicted octanol–water partition coefficient (Wildman–Crippen LogP) is 3.11. The van der Waals surface area contributed by atoms with Gasteiger partial charge in [0.15, 0.2) is 0 Å². The van der Waals surface area contributed by atoms with E-state index in [1.54, 1.807) is 0 Å². The van der Waals surface area contributed by atoms with Crippen molar-refractivity contribution in [3.8, 4) is 16.9 Å². The fourth-order valence-electron chi connectivity index (χ4n) is 1.85. The van der Waals surface area contributed by atoms with Gasteiger partial charge in [0.05, 0.1) is 12.5 Å². The van der Waals surface area contributed by atoms with Crippen molar-refractivity contribution in [1.29, 1.82) is 0 Å². The van der Waals surface area contributed by atoms with Crippen molar-refractivity contribution in [2.75, 3.05) is 6.61 Å². The molecular weight excluding hydrogens is 252 g/mol. The minimum Gasteiger partial charge on any atom is -0.492 e. The van der Waals surface area contributed by atoms with E-state index in [4.69, 9.17) is 15.7 Å². The molecule has 1 unspecified atom stereocenters. The van der Waals surface area contributed by atoms with Crippen LogP contribution in [0.5, 0.6) is 5.75 Å². The average molecular weight is 270 g/mol. The van der Waals surface area contributed by atoms with E-state index in [2.05, 4.69) is 5.16 Å². The highest BCUT2D eigenvalue weighted by molar-refractivity contribution is 5.82. The van der Waals surface area contributed by atoms with E-state index in [0.717, 1.165) is 16.9 Å². The molecule has 2 aromatic rings. The van der Waals surface area contributed by atoms with E-state index in [-0.39, 0.29) is 11.8 Å². The van der Waals surface area contributed by atoms with Crippen LogP contribution in [0.4, 0.5) is 0 Å². The third kappa shape index (κ3) is 3.29. The molecule has 0 spiro atoms. The molecule has 2 rings (SSSR count). The van der Waals surface area contributed by atoms with Crippen LogP contribution in [0.1, 0.15) is 6.92 Å². The van der Waals surface area contributed by atoms with Gasteiger partial charge in [-0.15, -0.1) is 0 Å². The van der Waals surface area contributed by atoms with Crippen molar-refractivity contribution < 1.29 is 9.94 Å². The van der Waals surface area contributed by atoms with Gasteiger partial charge in [0.25, 0.3) is 0 Å². The minimum absolute atomic E-state index is 0.149. The van der Waals surface area contributed by atoms with Gasteiger partial charge in [0.1, 0.15) is 11.6 Å². The third-order valence-electron chi connectivity index (χ3n) is 3.08. The molecule has 104 valence electrons. The van der Waals surface area contributed by atoms with Crippen LogP contribution in [0.3, 0.4) is 0 Å². The van der Waals surface area contributed by atoms with Crippen molar-refractivity contribution in [2.45, 2.75) is 6.92 Å². The first kappa shape index (κ1) is 13.9. The van der Waals surface area contributed by atoms with Crippen LogP contribution in [-0.2, 0) is 0 Å². The van der Waals surface area contributed by atoms with E-state index in [0.29, 0.717) is 6.61 Å². The van der Waals surface area contributed by atoms with Gasteiger partial charge >= 0.3 is 0 Å². The number of nitrogens with two attached hydrogens (primary N) is 1. The Kier molecular flexibility index (Phi) is 4.60. The van der Waals surface area contributed by atoms with Crippen LogP contribution < -0.4 is 10.5 Å². The molecule has 4 heteroatoms. The van der Waals surface area contributed by atoms with Crippen LogP contribution >= 0.6 is 0 Å². The highest BCUT2D eigenvalue weighted by Gasteiger charge is 2.11. The lowest BCUT2D eigenvalue weighted by Crippen LogP contribution is -2.26. The second kappa shape index (κ2) is 6.61. The number of benzene rings is 2. The Balaban J connectivity index is 2.17. The zero-order valence-electron chi connectivity index (χ0n) is 11.4. The van der Waals surface area contributed by atoms with Crippen LogP contribution in [-0.4, -0.2) is 17.6 Å². The van der Waals surface area contributed by atoms with E-state index in [1.165, 1.54) is 0 Å². The van der Waals surface area contributed by atoms with E-state index in [9.17, 15) is 0 Å². The molecule has 2 aromatic carbocycles. The van der Waals surface area contributed by atoms with Crippen LogP contribution in [0.2, 0.25) is 0 Å². The molecule has 0 amide bonds. The van der Waals surface area contributed by atoms with Crippen LogP contribution in [0, 0.1) is 5.92 Å². The number of hydrogen-bond donors (Lipinski definition) is 2. The van der Waals surface area contributed by atoms with Crippen molar-refractivity contribution >= 4 is 5.84 Å². The number of para-hydroxylation sites is 1. The number of rotatable bonds is 5. The topological polar surface area (TPSA) is 67.8 Å². The summed E-state index contributed by atoms with van der Waals surface area (Å²) >= 11 is 0. The molecule has 0 aliphatic carbocycles. The minimum atomic E-state index is -0.149. The molecule has 20 heavy (non-hydrogen) atoms. The fourth-order valence-corrected chi connectivity index (χ4v) is 1.85. The van der Waals surface area contributed by atoms with Gasteiger partial charge in [0, 0.05) is 5.56 Å². The molecule has 0 saturated heterocycles. The smallest absolute Gasteiger partial charge is 0.145 e. The molecule has 0 fully saturated rings. The molecule has 3 N–H and O–H groups in total. The number of ether oxygens (including phenoxy) is 1. The van der Waals surface area contributed by atoms with Crippen molar-refractivity contribution in [3.05, 3.63) is 54.6 Å². The van der Waals surface area contributed by atoms with Crippen LogP contribution in [0.15, 0.2) is 59.8 Å². The number of oxime groups is 1. The summed E-state index contributed by atoms with van der Waals surface area (Å²) in [7, 11) is 0. The van der Waals surface area contributed by atoms with Gasteiger partial charge in [-0.2, -0.15) is 0 Å². The van der Waals surface area contributed by atoms with Crippen molar-refractivity contribution in [3.63, 3.8) is 0 Å². The van der Waals surface area contributed by atoms with Crippen molar-refractivity contribution in [2.24, 2.45) is 16.8 Å². The lowest BCUT2D eigenvalue weighted by atomic mass is 10.0. The highest BCUT2D eigenvalue weighted by atomic mass is 16.5. The van der Waals surface area contributed by atoms with E-state index < -0.39 is 0 Å². The maximum Gasteiger partial charge on any atom is 0.145 e. The summed E-state index contributed by atoms with van der Waals surface area (Å²) in [5, 5.41) is 11.6. The van der Waals surface area contributed by atoms with E-state index in [1.807, 2.05) is 61.5 Å². The number of amidine groups is 1. The summed E-state index contributed by atoms with van der Waals surface area (Å²) in [4.78, 5) is 0. The molecule has 0 aliphatic rings. The zero-order chi connectivity index (χ0) is 14.4. The molecule has 0 radical (unpaired) electrons. The molecule has 0 bridgehead atoms. The summed E-state index contributed by atoms with van der Waals surface area (Å²) in [6.45, 7) is 2.21. The zero-order valence-corrected chi connectivity index (χ0v) is 11.4. The second-order valence-electron chi connectivity index (χ2n) is 4.60. The van der Waals surface area contributed by atoms with Gasteiger partial charge in [-0.25, -0.2) is 0 Å². The average Bonchev–Trinajstić information content (AvgIpc) is 2.53. The summed E-state index contributed by atoms with van der Waals surface area (Å²) in [6.07, 6.45) is 0. The Morgan fingerprint density at radius 2 is 1.80 bits per heavy atom. The maximum atomic E-state index is 8.64. The Hall–Kier alpha value is -2.49. The Morgan fingerprint density at radius 1 is 1.15 bits per heavy atom. The molecule has 0 saturated carbocycles. The highest BCUT2D eigenvalue weighted by Crippen LogP contribution is 2.29. The van der Waals surface area contributed by atoms with Gasteiger partial charge in [-0.3, -0.25) is 0 Å². The van der Waals surface area contributed by atoms with Gasteiger partial charge in [-0.1, -0.05) is 60.6 Å². The predicted molar refractivity (Wildman–Crippen MR) is 79.9 cm³/mol. The second-order valence-corrected chi connectivity index (χ2v) is 4.60. The molecule has 4 nitrogen and oxygen atoms in total. The summed E-state index contributed by atoms with van der Waals surface area (Å²) in [5.74, 6) is 0.808. The quantitative estimate of drug-likeness (QED) is 0.379. The Bertz CT molecular complexity index is 582.